The van der Waals surface area contributed by atoms with E-state index < -0.39 is 12.2 Å². The van der Waals surface area contributed by atoms with Crippen molar-refractivity contribution in [2.45, 2.75) is 57.8 Å². The van der Waals surface area contributed by atoms with E-state index in [1.165, 1.54) is 17.4 Å². The highest BCUT2D eigenvalue weighted by Crippen LogP contribution is 2.32. The molecule has 0 spiro atoms. The first-order valence-electron chi connectivity index (χ1n) is 15.3. The second-order valence-electron chi connectivity index (χ2n) is 11.6. The Balaban J connectivity index is 1.37. The Hall–Kier alpha value is -4.35. The van der Waals surface area contributed by atoms with Crippen LogP contribution in [-0.2, 0) is 33.8 Å². The fraction of sp³-hybridized carbons (Fsp3) is 0.353. The SMILES string of the molecule is CCCCN1CC(=O)N2[C@@H](Cc3ccc(O)cc3)C(=O)N(Cc3ccc(F)c4scnc34)C[C@@H]2N1C(=O)CCc1ccccc1. The van der Waals surface area contributed by atoms with Gasteiger partial charge < -0.3 is 14.9 Å². The van der Waals surface area contributed by atoms with E-state index in [2.05, 4.69) is 11.9 Å². The zero-order valence-electron chi connectivity index (χ0n) is 25.1. The summed E-state index contributed by atoms with van der Waals surface area (Å²) in [6.07, 6.45) is 2.01. The minimum Gasteiger partial charge on any atom is -0.508 e. The quantitative estimate of drug-likeness (QED) is 0.272. The molecule has 3 amide bonds. The Morgan fingerprint density at radius 3 is 2.58 bits per heavy atom. The summed E-state index contributed by atoms with van der Waals surface area (Å²) in [7, 11) is 0. The van der Waals surface area contributed by atoms with E-state index in [1.54, 1.807) is 50.7 Å². The van der Waals surface area contributed by atoms with Crippen molar-refractivity contribution in [3.05, 3.63) is 94.7 Å². The largest absolute Gasteiger partial charge is 0.508 e. The molecule has 2 saturated heterocycles. The molecule has 2 fully saturated rings. The number of unbranched alkanes of at least 4 members (excludes halogenated alkanes) is 1. The number of benzene rings is 3. The van der Waals surface area contributed by atoms with Gasteiger partial charge in [-0.2, -0.15) is 0 Å². The molecule has 234 valence electrons. The lowest BCUT2D eigenvalue weighted by atomic mass is 9.98. The van der Waals surface area contributed by atoms with Crippen molar-refractivity contribution in [1.29, 1.82) is 0 Å². The molecule has 45 heavy (non-hydrogen) atoms. The maximum atomic E-state index is 14.5. The first-order chi connectivity index (χ1) is 21.8. The number of carbonyl (C=O) groups is 3. The number of hydrogen-bond acceptors (Lipinski definition) is 7. The third-order valence-corrected chi connectivity index (χ3v) is 9.41. The number of piperazine rings is 1. The number of hydrogen-bond donors (Lipinski definition) is 1. The second-order valence-corrected chi connectivity index (χ2v) is 12.4. The zero-order valence-corrected chi connectivity index (χ0v) is 26.0. The molecule has 11 heteroatoms. The van der Waals surface area contributed by atoms with Gasteiger partial charge in [0.2, 0.25) is 17.7 Å². The van der Waals surface area contributed by atoms with Crippen LogP contribution >= 0.6 is 11.3 Å². The molecule has 4 aromatic rings. The fourth-order valence-electron chi connectivity index (χ4n) is 6.30. The van der Waals surface area contributed by atoms with Gasteiger partial charge in [0.1, 0.15) is 23.8 Å². The van der Waals surface area contributed by atoms with E-state index in [9.17, 15) is 23.9 Å². The fourth-order valence-corrected chi connectivity index (χ4v) is 7.04. The third-order valence-electron chi connectivity index (χ3n) is 8.57. The summed E-state index contributed by atoms with van der Waals surface area (Å²) in [5.41, 5.74) is 4.61. The average Bonchev–Trinajstić information content (AvgIpc) is 3.55. The van der Waals surface area contributed by atoms with Crippen molar-refractivity contribution in [3.63, 3.8) is 0 Å². The lowest BCUT2D eigenvalue weighted by molar-refractivity contribution is -0.207. The molecule has 6 rings (SSSR count). The predicted octanol–water partition coefficient (Wildman–Crippen LogP) is 4.74. The number of phenols is 1. The monoisotopic (exact) mass is 629 g/mol. The molecule has 2 aliphatic heterocycles. The van der Waals surface area contributed by atoms with Crippen LogP contribution in [0.3, 0.4) is 0 Å². The first kappa shape index (κ1) is 30.7. The normalized spacial score (nSPS) is 18.9. The highest BCUT2D eigenvalue weighted by Gasteiger charge is 2.51. The number of phenolic OH excluding ortho intramolecular Hbond substituents is 1. The number of fused-ring (bicyclic) bond motifs is 2. The maximum absolute atomic E-state index is 14.5. The Morgan fingerprint density at radius 2 is 1.82 bits per heavy atom. The van der Waals surface area contributed by atoms with Gasteiger partial charge in [-0.1, -0.05) is 61.9 Å². The highest BCUT2D eigenvalue weighted by molar-refractivity contribution is 7.16. The van der Waals surface area contributed by atoms with E-state index in [4.69, 9.17) is 0 Å². The average molecular weight is 630 g/mol. The summed E-state index contributed by atoms with van der Waals surface area (Å²) in [5, 5.41) is 13.4. The van der Waals surface area contributed by atoms with Crippen LogP contribution in [0.25, 0.3) is 10.2 Å². The van der Waals surface area contributed by atoms with Crippen LogP contribution < -0.4 is 0 Å². The van der Waals surface area contributed by atoms with E-state index in [1.807, 2.05) is 35.3 Å². The molecule has 0 saturated carbocycles. The third kappa shape index (κ3) is 6.41. The predicted molar refractivity (Wildman–Crippen MR) is 169 cm³/mol. The van der Waals surface area contributed by atoms with Crippen LogP contribution in [0.5, 0.6) is 5.75 Å². The molecule has 3 heterocycles. The lowest BCUT2D eigenvalue weighted by Crippen LogP contribution is -2.76. The Kier molecular flexibility index (Phi) is 9.09. The van der Waals surface area contributed by atoms with Crippen LogP contribution in [0.2, 0.25) is 0 Å². The molecule has 9 nitrogen and oxygen atoms in total. The van der Waals surface area contributed by atoms with Gasteiger partial charge in [0, 0.05) is 25.9 Å². The van der Waals surface area contributed by atoms with Crippen molar-refractivity contribution in [1.82, 2.24) is 24.8 Å². The Morgan fingerprint density at radius 1 is 1.04 bits per heavy atom. The lowest BCUT2D eigenvalue weighted by Gasteiger charge is -2.55. The smallest absolute Gasteiger partial charge is 0.246 e. The number of thiazole rings is 1. The van der Waals surface area contributed by atoms with E-state index in [-0.39, 0.29) is 61.8 Å². The summed E-state index contributed by atoms with van der Waals surface area (Å²) in [6, 6.07) is 18.6. The second kappa shape index (κ2) is 13.3. The topological polar surface area (TPSA) is 97.3 Å². The van der Waals surface area contributed by atoms with E-state index >= 15 is 0 Å². The van der Waals surface area contributed by atoms with Gasteiger partial charge in [0.05, 0.1) is 28.8 Å². The number of aromatic hydroxyl groups is 1. The summed E-state index contributed by atoms with van der Waals surface area (Å²) in [6.45, 7) is 2.88. The van der Waals surface area contributed by atoms with Gasteiger partial charge in [0.15, 0.2) is 0 Å². The van der Waals surface area contributed by atoms with Gasteiger partial charge in [-0.25, -0.2) is 14.4 Å². The van der Waals surface area contributed by atoms with Crippen molar-refractivity contribution < 1.29 is 23.9 Å². The van der Waals surface area contributed by atoms with Crippen LogP contribution in [0.15, 0.2) is 72.2 Å². The van der Waals surface area contributed by atoms with Gasteiger partial charge in [-0.3, -0.25) is 19.4 Å². The number of carbonyl (C=O) groups excluding carboxylic acids is 3. The van der Waals surface area contributed by atoms with Crippen molar-refractivity contribution >= 4 is 39.3 Å². The number of aryl methyl sites for hydroxylation is 1. The molecule has 0 aliphatic carbocycles. The van der Waals surface area contributed by atoms with Crippen molar-refractivity contribution in [3.8, 4) is 5.75 Å². The van der Waals surface area contributed by atoms with Gasteiger partial charge >= 0.3 is 0 Å². The minimum atomic E-state index is -0.870. The molecular formula is C34H36FN5O4S. The Labute approximate surface area is 265 Å². The molecular weight excluding hydrogens is 593 g/mol. The van der Waals surface area contributed by atoms with Crippen LogP contribution in [0.1, 0.15) is 42.9 Å². The van der Waals surface area contributed by atoms with Crippen LogP contribution in [0, 0.1) is 5.82 Å². The van der Waals surface area contributed by atoms with Crippen molar-refractivity contribution in [2.75, 3.05) is 19.6 Å². The molecule has 0 unspecified atom stereocenters. The van der Waals surface area contributed by atoms with Gasteiger partial charge in [-0.05, 0) is 47.7 Å². The van der Waals surface area contributed by atoms with Crippen LogP contribution in [-0.4, -0.2) is 79.5 Å². The highest BCUT2D eigenvalue weighted by atomic mass is 32.1. The number of hydrazine groups is 1. The number of aromatic nitrogens is 1. The molecule has 1 aromatic heterocycles. The summed E-state index contributed by atoms with van der Waals surface area (Å²) in [5.74, 6) is -0.827. The summed E-state index contributed by atoms with van der Waals surface area (Å²) < 4.78 is 14.9. The maximum Gasteiger partial charge on any atom is 0.246 e. The van der Waals surface area contributed by atoms with Gasteiger partial charge in [0.25, 0.3) is 0 Å². The number of amides is 3. The number of rotatable bonds is 10. The van der Waals surface area contributed by atoms with E-state index in [0.29, 0.717) is 28.7 Å². The minimum absolute atomic E-state index is 0.00431. The first-order valence-corrected chi connectivity index (χ1v) is 16.2. The standard InChI is InChI=1S/C34H36FN5O4S/c1-2-3-17-38-21-31(43)39-28(18-24-9-13-26(41)14-10-24)34(44)37(19-25-12-15-27(35)33-32(25)36-22-45-33)20-29(39)40(38)30(42)16-11-23-7-5-4-6-8-23/h4-10,12-15,22,28-29,41H,2-3,11,16-21H2,1H3/t28-,29-/m0/s1. The zero-order chi connectivity index (χ0) is 31.5. The summed E-state index contributed by atoms with van der Waals surface area (Å²) in [4.78, 5) is 49.9. The molecule has 0 radical (unpaired) electrons. The Bertz CT molecular complexity index is 1680. The molecule has 1 N–H and O–H groups in total. The molecule has 2 aliphatic rings. The molecule has 3 aromatic carbocycles. The number of nitrogens with zero attached hydrogens (tertiary/aromatic N) is 5. The van der Waals surface area contributed by atoms with E-state index in [0.717, 1.165) is 24.0 Å². The number of halogens is 1. The molecule has 0 bridgehead atoms. The van der Waals surface area contributed by atoms with Crippen LogP contribution in [0.4, 0.5) is 4.39 Å². The molecule has 2 atom stereocenters. The van der Waals surface area contributed by atoms with Gasteiger partial charge in [-0.15, -0.1) is 11.3 Å². The van der Waals surface area contributed by atoms with Crippen molar-refractivity contribution in [2.24, 2.45) is 0 Å². The summed E-state index contributed by atoms with van der Waals surface area (Å²) >= 11 is 1.21.